The number of aromatic nitrogens is 1. The molecule has 450 valence electrons. The average Bonchev–Trinajstić information content (AvgIpc) is 4.04. The maximum atomic E-state index is 14.4. The van der Waals surface area contributed by atoms with Crippen molar-refractivity contribution in [3.05, 3.63) is 71.9 Å². The van der Waals surface area contributed by atoms with E-state index in [4.69, 9.17) is 5.73 Å². The molecule has 3 aromatic rings. The number of rotatable bonds is 25. The maximum Gasteiger partial charge on any atom is 0.317 e. The van der Waals surface area contributed by atoms with Crippen LogP contribution < -0.4 is 31.9 Å². The Balaban J connectivity index is 1.28. The number of guanidine groups is 1. The van der Waals surface area contributed by atoms with Crippen LogP contribution >= 0.6 is 0 Å². The van der Waals surface area contributed by atoms with Gasteiger partial charge in [0, 0.05) is 123 Å². The van der Waals surface area contributed by atoms with E-state index in [0.717, 1.165) is 4.90 Å². The van der Waals surface area contributed by atoms with Crippen molar-refractivity contribution in [3.63, 3.8) is 0 Å². The number of nitrogens with one attached hydrogen (secondary N) is 4. The largest absolute Gasteiger partial charge is 0.480 e. The highest BCUT2D eigenvalue weighted by Gasteiger charge is 2.47. The number of nitrogens with zero attached hydrogens (tertiary/aromatic N) is 10. The lowest BCUT2D eigenvalue weighted by Crippen LogP contribution is -2.56. The molecule has 83 heavy (non-hydrogen) atoms. The lowest BCUT2D eigenvalue weighted by Gasteiger charge is -2.32. The number of likely N-dealkylation sites (tertiary alicyclic amines) is 1. The fourth-order valence-electron chi connectivity index (χ4n) is 9.26. The lowest BCUT2D eigenvalue weighted by atomic mass is 10.0. The first-order valence-corrected chi connectivity index (χ1v) is 26.8. The summed E-state index contributed by atoms with van der Waals surface area (Å²) in [5.74, 6) is -10.9. The number of carboxylic acid groups (broad SMARTS) is 3. The predicted octanol–water partition coefficient (Wildman–Crippen LogP) is -1.46. The van der Waals surface area contributed by atoms with Crippen LogP contribution in [0.5, 0.6) is 0 Å². The van der Waals surface area contributed by atoms with E-state index in [0.29, 0.717) is 22.2 Å². The summed E-state index contributed by atoms with van der Waals surface area (Å²) in [6, 6.07) is 12.9. The third kappa shape index (κ3) is 21.8. The van der Waals surface area contributed by atoms with E-state index in [2.05, 4.69) is 31.2 Å². The third-order valence-corrected chi connectivity index (χ3v) is 13.8. The molecule has 2 fully saturated rings. The number of carbonyl (C=O) groups excluding carboxylic acids is 6. The topological polar surface area (TPSA) is 360 Å². The van der Waals surface area contributed by atoms with Crippen LogP contribution in [0.1, 0.15) is 41.6 Å². The molecular weight excluding hydrogens is 1090 g/mol. The number of pyridine rings is 1. The number of alkyl halides is 2. The Kier molecular flexibility index (Phi) is 24.9. The number of carboxylic acids is 3. The fraction of sp³-hybridized carbons (Fsp3) is 0.519. The van der Waals surface area contributed by atoms with E-state index < -0.39 is 96.9 Å². The molecule has 27 nitrogen and oxygen atoms in total. The Morgan fingerprint density at radius 2 is 1.36 bits per heavy atom. The minimum atomic E-state index is -3.23. The number of halogens is 2. The Labute approximate surface area is 478 Å². The maximum absolute atomic E-state index is 14.4. The Hall–Kier alpha value is -8.46. The summed E-state index contributed by atoms with van der Waals surface area (Å²) in [6.45, 7) is -1.73. The van der Waals surface area contributed by atoms with Crippen molar-refractivity contribution in [1.82, 2.24) is 55.7 Å². The molecule has 0 spiro atoms. The molecule has 9 N–H and O–H groups in total. The smallest absolute Gasteiger partial charge is 0.317 e. The van der Waals surface area contributed by atoms with Gasteiger partial charge in [-0.15, -0.1) is 0 Å². The van der Waals surface area contributed by atoms with Crippen molar-refractivity contribution in [3.8, 4) is 6.07 Å². The number of aliphatic imine (C=N–C) groups is 1. The van der Waals surface area contributed by atoms with Gasteiger partial charge in [0.1, 0.15) is 18.1 Å². The van der Waals surface area contributed by atoms with Crippen molar-refractivity contribution in [2.24, 2.45) is 10.7 Å². The first-order valence-electron chi connectivity index (χ1n) is 26.8. The van der Waals surface area contributed by atoms with Crippen LogP contribution in [0.15, 0.2) is 65.8 Å². The number of hydrogen-bond acceptors (Lipinski definition) is 17. The number of benzene rings is 2. The molecule has 0 radical (unpaired) electrons. The van der Waals surface area contributed by atoms with E-state index >= 15 is 0 Å². The van der Waals surface area contributed by atoms with Crippen LogP contribution in [0, 0.1) is 11.3 Å². The summed E-state index contributed by atoms with van der Waals surface area (Å²) >= 11 is 0. The molecule has 2 aliphatic heterocycles. The van der Waals surface area contributed by atoms with Crippen LogP contribution in [0.3, 0.4) is 0 Å². The van der Waals surface area contributed by atoms with E-state index in [1.54, 1.807) is 105 Å². The number of amides is 6. The molecule has 5 rings (SSSR count). The van der Waals surface area contributed by atoms with Gasteiger partial charge in [-0.2, -0.15) is 5.26 Å². The van der Waals surface area contributed by atoms with Crippen LogP contribution in [0.2, 0.25) is 0 Å². The summed E-state index contributed by atoms with van der Waals surface area (Å²) in [7, 11) is 5.09. The van der Waals surface area contributed by atoms with Crippen molar-refractivity contribution in [2.45, 2.75) is 56.2 Å². The fourth-order valence-corrected chi connectivity index (χ4v) is 9.26. The number of anilines is 1. The zero-order chi connectivity index (χ0) is 60.8. The molecule has 0 saturated carbocycles. The second kappa shape index (κ2) is 31.7. The first-order chi connectivity index (χ1) is 39.4. The van der Waals surface area contributed by atoms with E-state index in [-0.39, 0.29) is 129 Å². The molecule has 0 unspecified atom stereocenters. The first kappa shape index (κ1) is 65.4. The SMILES string of the molecule is CN(C)C(N)=NCCC[C@H](NC(=O)CCN(C)c1ccc2nccc(C(=O)NCC(=O)N3CC(F)(F)C[C@H]3C#N)c2c1)C(=O)N[C@@H](Cc1ccccc1)C(=O)NC(=O)CN1CCN(CC(=O)O)CCN(CC(=O)O)CCN(CC(=O)O)CC1. The highest BCUT2D eigenvalue weighted by atomic mass is 19.3. The van der Waals surface area contributed by atoms with Gasteiger partial charge in [-0.3, -0.25) is 78.0 Å². The van der Waals surface area contributed by atoms with Crippen LogP contribution in [0.4, 0.5) is 14.5 Å². The zero-order valence-corrected chi connectivity index (χ0v) is 46.7. The molecule has 3 atom stereocenters. The van der Waals surface area contributed by atoms with E-state index in [9.17, 15) is 72.5 Å². The number of fused-ring (bicyclic) bond motifs is 1. The molecule has 6 amide bonds. The molecule has 3 heterocycles. The molecule has 1 aromatic heterocycles. The van der Waals surface area contributed by atoms with Gasteiger partial charge in [0.2, 0.25) is 29.5 Å². The number of imide groups is 1. The van der Waals surface area contributed by atoms with Crippen LogP contribution in [0.25, 0.3) is 10.9 Å². The lowest BCUT2D eigenvalue weighted by molar-refractivity contribution is -0.140. The van der Waals surface area contributed by atoms with Crippen LogP contribution in [-0.2, 0) is 44.8 Å². The Morgan fingerprint density at radius 3 is 1.92 bits per heavy atom. The van der Waals surface area contributed by atoms with Crippen molar-refractivity contribution in [2.75, 3.05) is 131 Å². The minimum Gasteiger partial charge on any atom is -0.480 e. The molecule has 0 aliphatic carbocycles. The number of nitriles is 1. The van der Waals surface area contributed by atoms with Gasteiger partial charge in [0.05, 0.1) is 56.4 Å². The molecule has 29 heteroatoms. The van der Waals surface area contributed by atoms with Crippen molar-refractivity contribution in [1.29, 1.82) is 5.26 Å². The second-order valence-corrected chi connectivity index (χ2v) is 20.5. The quantitative estimate of drug-likeness (QED) is 0.0273. The number of hydrogen-bond donors (Lipinski definition) is 8. The highest BCUT2D eigenvalue weighted by molar-refractivity contribution is 6.07. The van der Waals surface area contributed by atoms with Gasteiger partial charge in [-0.1, -0.05) is 30.3 Å². The second-order valence-electron chi connectivity index (χ2n) is 20.5. The third-order valence-electron chi connectivity index (χ3n) is 13.8. The van der Waals surface area contributed by atoms with Gasteiger partial charge < -0.3 is 51.7 Å². The Morgan fingerprint density at radius 1 is 0.783 bits per heavy atom. The Bertz CT molecular complexity index is 2830. The molecule has 0 bridgehead atoms. The summed E-state index contributed by atoms with van der Waals surface area (Å²) in [5.41, 5.74) is 7.69. The average molecular weight is 1160 g/mol. The number of aliphatic carboxylic acids is 3. The van der Waals surface area contributed by atoms with Crippen molar-refractivity contribution >= 4 is 75.9 Å². The summed E-state index contributed by atoms with van der Waals surface area (Å²) in [4.78, 5) is 137. The highest BCUT2D eigenvalue weighted by Crippen LogP contribution is 2.32. The molecule has 2 saturated heterocycles. The van der Waals surface area contributed by atoms with E-state index in [1.165, 1.54) is 12.3 Å². The zero-order valence-electron chi connectivity index (χ0n) is 46.7. The predicted molar refractivity (Wildman–Crippen MR) is 298 cm³/mol. The number of carbonyl (C=O) groups is 9. The molecule has 2 aliphatic rings. The van der Waals surface area contributed by atoms with Crippen molar-refractivity contribution < 1.29 is 67.3 Å². The number of nitrogens with two attached hydrogens (primary N) is 1. The van der Waals surface area contributed by atoms with E-state index in [1.807, 2.05) is 0 Å². The van der Waals surface area contributed by atoms with Gasteiger partial charge in [0.25, 0.3) is 11.8 Å². The van der Waals surface area contributed by atoms with Gasteiger partial charge in [-0.05, 0) is 42.7 Å². The van der Waals surface area contributed by atoms with Gasteiger partial charge in [0.15, 0.2) is 5.96 Å². The summed E-state index contributed by atoms with van der Waals surface area (Å²) in [6.07, 6.45) is 0.648. The molecular formula is C54H73F2N15O12. The van der Waals surface area contributed by atoms with Crippen LogP contribution in [-0.4, -0.2) is 259 Å². The monoisotopic (exact) mass is 1160 g/mol. The molecule has 2 aromatic carbocycles. The standard InChI is InChI=1S/C54H73F2N15O12/c1-65(2)53(58)60-15-7-10-42(62-44(72)14-17-66(3)37-11-12-41-40(27-37)39(13-16-59-41)50(81)61-30-46(74)71-35-54(55,56)28-38(71)29-57)51(82)63-43(26-36-8-5-4-6-9-36)52(83)64-45(73)31-67-18-20-68(32-47(75)76)22-24-70(34-49(79)80)25-23-69(21-19-67)33-48(77)78/h4-6,8-9,11-13,16,27,38,42-43H,7,10,14-15,17-26,28,30-35H2,1-3H3,(H2,58,60)(H,61,81)(H,62,72)(H,63,82)(H,75,76)(H,77,78)(H,79,80)(H,64,73,83)/t38-,42-,43-/m0/s1. The minimum absolute atomic E-state index is 0.0398. The van der Waals surface area contributed by atoms with Gasteiger partial charge >= 0.3 is 17.9 Å². The summed E-state index contributed by atoms with van der Waals surface area (Å²) in [5, 5.41) is 48.8. The summed E-state index contributed by atoms with van der Waals surface area (Å²) < 4.78 is 28.0. The van der Waals surface area contributed by atoms with Gasteiger partial charge in [-0.25, -0.2) is 8.78 Å². The normalized spacial score (nSPS) is 17.4.